The molecule has 0 bridgehead atoms. The van der Waals surface area contributed by atoms with Crippen molar-refractivity contribution < 1.29 is 21.6 Å². The molecule has 4 rings (SSSR count). The lowest BCUT2D eigenvalue weighted by molar-refractivity contribution is -0.141. The molecule has 0 amide bonds. The van der Waals surface area contributed by atoms with Gasteiger partial charge in [0.25, 0.3) is 0 Å². The first-order chi connectivity index (χ1) is 12.7. The Morgan fingerprint density at radius 3 is 2.15 bits per heavy atom. The second kappa shape index (κ2) is 6.72. The highest BCUT2D eigenvalue weighted by Gasteiger charge is 2.50. The molecular weight excluding hydrogens is 377 g/mol. The second-order valence-corrected chi connectivity index (χ2v) is 10.6. The van der Waals surface area contributed by atoms with Crippen molar-refractivity contribution in [2.75, 3.05) is 24.6 Å². The summed E-state index contributed by atoms with van der Waals surface area (Å²) in [6, 6.07) is 3.17. The lowest BCUT2D eigenvalue weighted by Crippen LogP contribution is -2.56. The lowest BCUT2D eigenvalue weighted by atomic mass is 9.78. The molecule has 1 aliphatic carbocycles. The number of alkyl halides is 3. The van der Waals surface area contributed by atoms with Gasteiger partial charge in [0, 0.05) is 17.7 Å². The normalized spacial score (nSPS) is 30.8. The number of hydrogen-bond donors (Lipinski definition) is 0. The van der Waals surface area contributed by atoms with E-state index in [0.29, 0.717) is 17.5 Å². The van der Waals surface area contributed by atoms with E-state index < -0.39 is 21.7 Å². The molecule has 1 aromatic rings. The largest absolute Gasteiger partial charge is 0.433 e. The van der Waals surface area contributed by atoms with Gasteiger partial charge in [-0.1, -0.05) is 6.07 Å². The molecule has 4 nitrogen and oxygen atoms in total. The minimum absolute atomic E-state index is 0.0401. The Kier molecular flexibility index (Phi) is 4.78. The van der Waals surface area contributed by atoms with E-state index in [0.717, 1.165) is 63.2 Å². The Morgan fingerprint density at radius 1 is 1.04 bits per heavy atom. The predicted molar refractivity (Wildman–Crippen MR) is 96.1 cm³/mol. The SMILES string of the molecule is O=S1(=O)CC2(CCN([C@H]3CC[C@H](c4ccc(C(F)(F)F)nc4)CC3)CC2)C1. The number of hydrogen-bond acceptors (Lipinski definition) is 4. The van der Waals surface area contributed by atoms with Crippen molar-refractivity contribution in [3.05, 3.63) is 29.6 Å². The summed E-state index contributed by atoms with van der Waals surface area (Å²) in [4.78, 5) is 6.09. The Morgan fingerprint density at radius 2 is 1.67 bits per heavy atom. The van der Waals surface area contributed by atoms with Crippen LogP contribution >= 0.6 is 0 Å². The molecule has 2 aliphatic heterocycles. The number of sulfone groups is 1. The number of halogens is 3. The number of rotatable bonds is 2. The van der Waals surface area contributed by atoms with Crippen LogP contribution in [0.3, 0.4) is 0 Å². The maximum absolute atomic E-state index is 12.6. The summed E-state index contributed by atoms with van der Waals surface area (Å²) < 4.78 is 61.0. The van der Waals surface area contributed by atoms with Crippen molar-refractivity contribution in [1.29, 1.82) is 0 Å². The zero-order valence-corrected chi connectivity index (χ0v) is 16.0. The Labute approximate surface area is 158 Å². The summed E-state index contributed by atoms with van der Waals surface area (Å²) in [5.74, 6) is 1.01. The van der Waals surface area contributed by atoms with Gasteiger partial charge < -0.3 is 4.90 Å². The van der Waals surface area contributed by atoms with Gasteiger partial charge in [0.05, 0.1) is 11.5 Å². The molecule has 0 aromatic carbocycles. The van der Waals surface area contributed by atoms with Crippen molar-refractivity contribution in [2.45, 2.75) is 56.7 Å². The minimum atomic E-state index is -4.39. The van der Waals surface area contributed by atoms with E-state index >= 15 is 0 Å². The van der Waals surface area contributed by atoms with E-state index in [1.54, 1.807) is 6.07 Å². The van der Waals surface area contributed by atoms with Gasteiger partial charge in [-0.15, -0.1) is 0 Å². The smallest absolute Gasteiger partial charge is 0.300 e. The first-order valence-electron chi connectivity index (χ1n) is 9.64. The standard InChI is InChI=1S/C19H25F3N2O2S/c20-19(21,22)17-6-3-15(11-23-17)14-1-4-16(5-2-14)24-9-7-18(8-10-24)12-27(25,26)13-18/h3,6,11,14,16H,1-2,4-5,7-10,12-13H2/t14-,16-. The lowest BCUT2D eigenvalue weighted by Gasteiger charge is -2.49. The molecule has 1 spiro atoms. The number of aromatic nitrogens is 1. The third-order valence-corrected chi connectivity index (χ3v) is 8.78. The number of piperidine rings is 1. The topological polar surface area (TPSA) is 50.3 Å². The van der Waals surface area contributed by atoms with Crippen LogP contribution in [-0.4, -0.2) is 48.9 Å². The fourth-order valence-electron chi connectivity index (χ4n) is 5.13. The van der Waals surface area contributed by atoms with Gasteiger partial charge >= 0.3 is 6.18 Å². The molecule has 1 saturated carbocycles. The quantitative estimate of drug-likeness (QED) is 0.758. The van der Waals surface area contributed by atoms with Gasteiger partial charge in [-0.3, -0.25) is 4.98 Å². The molecule has 2 saturated heterocycles. The van der Waals surface area contributed by atoms with E-state index in [1.165, 1.54) is 6.20 Å². The predicted octanol–water partition coefficient (Wildman–Crippen LogP) is 3.64. The molecule has 3 heterocycles. The molecule has 150 valence electrons. The second-order valence-electron chi connectivity index (χ2n) is 8.55. The van der Waals surface area contributed by atoms with Crippen LogP contribution in [0.4, 0.5) is 13.2 Å². The fourth-order valence-corrected chi connectivity index (χ4v) is 7.49. The van der Waals surface area contributed by atoms with Crippen LogP contribution in [0.2, 0.25) is 0 Å². The molecule has 3 fully saturated rings. The summed E-state index contributed by atoms with van der Waals surface area (Å²) in [5, 5.41) is 0. The molecule has 0 radical (unpaired) electrons. The van der Waals surface area contributed by atoms with Gasteiger partial charge in [-0.25, -0.2) is 8.42 Å². The van der Waals surface area contributed by atoms with Gasteiger partial charge in [-0.05, 0) is 69.2 Å². The Hall–Kier alpha value is -1.15. The van der Waals surface area contributed by atoms with Gasteiger partial charge in [-0.2, -0.15) is 13.2 Å². The number of pyridine rings is 1. The summed E-state index contributed by atoms with van der Waals surface area (Å²) in [7, 11) is -2.78. The van der Waals surface area contributed by atoms with Crippen molar-refractivity contribution in [1.82, 2.24) is 9.88 Å². The van der Waals surface area contributed by atoms with Crippen molar-refractivity contribution >= 4 is 9.84 Å². The molecule has 0 atom stereocenters. The van der Waals surface area contributed by atoms with Crippen LogP contribution in [0, 0.1) is 5.41 Å². The molecule has 27 heavy (non-hydrogen) atoms. The molecule has 0 unspecified atom stereocenters. The zero-order chi connectivity index (χ0) is 19.3. The van der Waals surface area contributed by atoms with Gasteiger partial charge in [0.2, 0.25) is 0 Å². The van der Waals surface area contributed by atoms with Crippen LogP contribution in [-0.2, 0) is 16.0 Å². The third-order valence-electron chi connectivity index (χ3n) is 6.67. The summed E-state index contributed by atoms with van der Waals surface area (Å²) in [5.41, 5.74) is 0.109. The minimum Gasteiger partial charge on any atom is -0.300 e. The highest BCUT2D eigenvalue weighted by Crippen LogP contribution is 2.44. The van der Waals surface area contributed by atoms with Crippen LogP contribution in [0.25, 0.3) is 0 Å². The monoisotopic (exact) mass is 402 g/mol. The van der Waals surface area contributed by atoms with Crippen LogP contribution < -0.4 is 0 Å². The fraction of sp³-hybridized carbons (Fsp3) is 0.737. The summed E-state index contributed by atoms with van der Waals surface area (Å²) in [6.45, 7) is 1.93. The van der Waals surface area contributed by atoms with Crippen LogP contribution in [0.5, 0.6) is 0 Å². The highest BCUT2D eigenvalue weighted by molar-refractivity contribution is 7.92. The van der Waals surface area contributed by atoms with E-state index in [4.69, 9.17) is 0 Å². The van der Waals surface area contributed by atoms with Crippen molar-refractivity contribution in [3.63, 3.8) is 0 Å². The maximum Gasteiger partial charge on any atom is 0.433 e. The Balaban J connectivity index is 1.28. The highest BCUT2D eigenvalue weighted by atomic mass is 32.2. The summed E-state index contributed by atoms with van der Waals surface area (Å²) in [6.07, 6.45) is 2.94. The van der Waals surface area contributed by atoms with E-state index in [9.17, 15) is 21.6 Å². The average molecular weight is 402 g/mol. The molecule has 1 aromatic heterocycles. The molecule has 3 aliphatic rings. The summed E-state index contributed by atoms with van der Waals surface area (Å²) >= 11 is 0. The first kappa shape index (κ1) is 19.2. The zero-order valence-electron chi connectivity index (χ0n) is 15.2. The van der Waals surface area contributed by atoms with E-state index in [1.807, 2.05) is 0 Å². The van der Waals surface area contributed by atoms with Crippen molar-refractivity contribution in [3.8, 4) is 0 Å². The number of likely N-dealkylation sites (tertiary alicyclic amines) is 1. The van der Waals surface area contributed by atoms with Gasteiger partial charge in [0.1, 0.15) is 5.69 Å². The van der Waals surface area contributed by atoms with E-state index in [2.05, 4.69) is 9.88 Å². The van der Waals surface area contributed by atoms with Gasteiger partial charge in [0.15, 0.2) is 9.84 Å². The number of nitrogens with zero attached hydrogens (tertiary/aromatic N) is 2. The van der Waals surface area contributed by atoms with Crippen LogP contribution in [0.15, 0.2) is 18.3 Å². The maximum atomic E-state index is 12.6. The third kappa shape index (κ3) is 4.01. The van der Waals surface area contributed by atoms with Crippen molar-refractivity contribution in [2.24, 2.45) is 5.41 Å². The molecular formula is C19H25F3N2O2S. The van der Waals surface area contributed by atoms with E-state index in [-0.39, 0.29) is 11.3 Å². The molecule has 8 heteroatoms. The molecule has 0 N–H and O–H groups in total. The Bertz CT molecular complexity index is 762. The average Bonchev–Trinajstić information content (AvgIpc) is 2.60. The van der Waals surface area contributed by atoms with Crippen LogP contribution in [0.1, 0.15) is 55.7 Å². The first-order valence-corrected chi connectivity index (χ1v) is 11.5.